The van der Waals surface area contributed by atoms with Crippen molar-refractivity contribution in [1.29, 1.82) is 0 Å². The van der Waals surface area contributed by atoms with Crippen molar-refractivity contribution in [3.63, 3.8) is 0 Å². The summed E-state index contributed by atoms with van der Waals surface area (Å²) in [5, 5.41) is 0. The van der Waals surface area contributed by atoms with Crippen LogP contribution in [0.15, 0.2) is 0 Å². The van der Waals surface area contributed by atoms with E-state index in [1.807, 2.05) is 0 Å². The van der Waals surface area contributed by atoms with Crippen molar-refractivity contribution in [2.45, 2.75) is 41.2 Å². The first-order chi connectivity index (χ1) is 15.3. The minimum absolute atomic E-state index is 0.00375. The second-order valence-corrected chi connectivity index (χ2v) is 49.5. The average molecular weight is 510 g/mol. The van der Waals surface area contributed by atoms with E-state index in [0.29, 0.717) is 0 Å². The fourth-order valence-corrected chi connectivity index (χ4v) is 152. The first-order valence-electron chi connectivity index (χ1n) is 11.4. The van der Waals surface area contributed by atoms with Crippen LogP contribution in [-0.2, 0) is 16.3 Å². The Hall–Kier alpha value is -1.55. The van der Waals surface area contributed by atoms with Gasteiger partial charge in [-0.05, 0) is 0 Å². The van der Waals surface area contributed by atoms with Crippen molar-refractivity contribution in [3.05, 3.63) is 69.3 Å². The molecule has 0 amide bonds. The molecule has 170 valence electrons. The Kier molecular flexibility index (Phi) is 0.972. The molecule has 0 aliphatic carbocycles. The molecule has 0 radical (unpaired) electrons. The van der Waals surface area contributed by atoms with E-state index in [4.69, 9.17) is 0 Å². The van der Waals surface area contributed by atoms with E-state index in [0.717, 1.165) is 0 Å². The van der Waals surface area contributed by atoms with Gasteiger partial charge in [-0.15, -0.1) is 0 Å². The zero-order chi connectivity index (χ0) is 22.9. The zero-order valence-corrected chi connectivity index (χ0v) is 17.5. The summed E-state index contributed by atoms with van der Waals surface area (Å²) in [7, 11) is -6.03. The van der Waals surface area contributed by atoms with Crippen LogP contribution in [0, 0.1) is 58.2 Å². The van der Waals surface area contributed by atoms with Crippen LogP contribution in [0.5, 0.6) is 0 Å². The molecule has 0 N–H and O–H groups in total. The molecule has 0 saturated carbocycles. The molecular formula is C22H8F10Ti. The van der Waals surface area contributed by atoms with Gasteiger partial charge in [0, 0.05) is 0 Å². The quantitative estimate of drug-likeness (QED) is 0.177. The van der Waals surface area contributed by atoms with E-state index in [1.54, 1.807) is 0 Å². The topological polar surface area (TPSA) is 0 Å². The van der Waals surface area contributed by atoms with Crippen LogP contribution < -0.4 is 0 Å². The number of benzene rings is 2. The van der Waals surface area contributed by atoms with Gasteiger partial charge in [0.15, 0.2) is 0 Å². The Morgan fingerprint density at radius 2 is 0.606 bits per heavy atom. The Morgan fingerprint density at radius 3 is 0.818 bits per heavy atom. The van der Waals surface area contributed by atoms with Crippen LogP contribution in [0.4, 0.5) is 43.9 Å². The summed E-state index contributed by atoms with van der Waals surface area (Å²) < 4.78 is 143. The molecule has 10 aliphatic rings. The molecule has 1 spiro atoms. The van der Waals surface area contributed by atoms with Crippen molar-refractivity contribution in [2.75, 3.05) is 0 Å². The van der Waals surface area contributed by atoms with E-state index < -0.39 is 85.6 Å². The van der Waals surface area contributed by atoms with Gasteiger partial charge < -0.3 is 0 Å². The van der Waals surface area contributed by atoms with E-state index >= 15 is 17.6 Å². The summed E-state index contributed by atoms with van der Waals surface area (Å²) in [6.07, 6.45) is 0. The first-order valence-corrected chi connectivity index (χ1v) is 20.1. The van der Waals surface area contributed by atoms with Crippen LogP contribution in [-0.4, -0.2) is 0 Å². The molecule has 12 rings (SSSR count). The fraction of sp³-hybridized carbons (Fsp3) is 0.455. The summed E-state index contributed by atoms with van der Waals surface area (Å²) in [5.74, 6) is -21.2. The second kappa shape index (κ2) is 1.98. The van der Waals surface area contributed by atoms with Crippen molar-refractivity contribution >= 4 is 0 Å². The number of hydrogen-bond acceptors (Lipinski definition) is 0. The number of fused-ring (bicyclic) bond motifs is 10. The minimum atomic E-state index is -6.03. The predicted octanol–water partition coefficient (Wildman–Crippen LogP) is 6.98. The molecule has 10 heterocycles. The molecule has 11 heteroatoms. The normalized spacial score (nSPS) is 69.5. The zero-order valence-electron chi connectivity index (χ0n) is 15.9. The molecule has 0 nitrogen and oxygen atoms in total. The van der Waals surface area contributed by atoms with Crippen LogP contribution in [0.25, 0.3) is 0 Å². The van der Waals surface area contributed by atoms with Gasteiger partial charge in [0.05, 0.1) is 0 Å². The van der Waals surface area contributed by atoms with Crippen molar-refractivity contribution in [3.8, 4) is 0 Å². The molecular weight excluding hydrogens is 502 g/mol. The van der Waals surface area contributed by atoms with Gasteiger partial charge in [0.25, 0.3) is 0 Å². The van der Waals surface area contributed by atoms with E-state index in [1.165, 1.54) is 0 Å². The fourth-order valence-electron chi connectivity index (χ4n) is 27.9. The summed E-state index contributed by atoms with van der Waals surface area (Å²) in [6.45, 7) is 0. The Balaban J connectivity index is 1.35. The molecule has 10 saturated heterocycles. The van der Waals surface area contributed by atoms with E-state index in [-0.39, 0.29) is 33.8 Å². The third kappa shape index (κ3) is 0.303. The molecule has 0 bridgehead atoms. The van der Waals surface area contributed by atoms with Gasteiger partial charge in [-0.3, -0.25) is 0 Å². The summed E-state index contributed by atoms with van der Waals surface area (Å²) in [4.78, 5) is 0. The number of rotatable bonds is 2. The van der Waals surface area contributed by atoms with Crippen LogP contribution >= 0.6 is 0 Å². The monoisotopic (exact) mass is 510 g/mol. The van der Waals surface area contributed by atoms with E-state index in [9.17, 15) is 26.3 Å². The van der Waals surface area contributed by atoms with Gasteiger partial charge >= 0.3 is 163 Å². The van der Waals surface area contributed by atoms with Crippen molar-refractivity contribution in [1.82, 2.24) is 0 Å². The third-order valence-electron chi connectivity index (χ3n) is 23.7. The summed E-state index contributed by atoms with van der Waals surface area (Å²) in [5.41, 5.74) is -2.00. The van der Waals surface area contributed by atoms with Crippen LogP contribution in [0.3, 0.4) is 0 Å². The van der Waals surface area contributed by atoms with Gasteiger partial charge in [-0.2, -0.15) is 0 Å². The van der Waals surface area contributed by atoms with Gasteiger partial charge in [-0.25, -0.2) is 0 Å². The van der Waals surface area contributed by atoms with Crippen LogP contribution in [0.2, 0.25) is 33.8 Å². The molecule has 4 atom stereocenters. The maximum absolute atomic E-state index is 15.3. The Bertz CT molecular complexity index is 1790. The Labute approximate surface area is 163 Å². The summed E-state index contributed by atoms with van der Waals surface area (Å²) in [6, 6.07) is 0. The molecule has 2 aromatic rings. The second-order valence-electron chi connectivity index (χ2n) is 16.7. The van der Waals surface area contributed by atoms with Gasteiger partial charge in [-0.1, -0.05) is 0 Å². The standard InChI is InChI=1S/C17H3F10.C5H5.Ti/c18-8-6(9(19)13(23)16(26)12(8)22)4-2-1-3-5(4)7-10(20)14(24)17(27)15(25)11(7)21;1-2-4-5-3-1;/h1-3H;1-5H;. The summed E-state index contributed by atoms with van der Waals surface area (Å²) >= 11 is 0. The molecule has 10 aliphatic heterocycles. The predicted molar refractivity (Wildman–Crippen MR) is 85.8 cm³/mol. The maximum atomic E-state index is 15.3. The van der Waals surface area contributed by atoms with Crippen molar-refractivity contribution in [2.24, 2.45) is 0 Å². The molecule has 33 heavy (non-hydrogen) atoms. The SMILES string of the molecule is Fc1c(F)c(F)c([C]23[CH]4[CH]5[CH]6[C]2(c2c(F)c(F)c(F)c(F)c2F)[Ti]54632789[CH]3[CH]2[CH]7[CH]8[CH]39)c(F)c1F. The van der Waals surface area contributed by atoms with Gasteiger partial charge in [0.2, 0.25) is 0 Å². The third-order valence-corrected chi connectivity index (χ3v) is 84.1. The van der Waals surface area contributed by atoms with E-state index in [2.05, 4.69) is 0 Å². The molecule has 0 aromatic heterocycles. The average Bonchev–Trinajstić information content (AvgIpc) is 3.74. The van der Waals surface area contributed by atoms with Gasteiger partial charge in [0.1, 0.15) is 0 Å². The Morgan fingerprint density at radius 1 is 0.364 bits per heavy atom. The first kappa shape index (κ1) is 16.2. The van der Waals surface area contributed by atoms with Crippen LogP contribution in [0.1, 0.15) is 11.1 Å². The molecule has 2 aromatic carbocycles. The molecule has 10 fully saturated rings. The molecule has 4 unspecified atom stereocenters. The number of hydrogen-bond donors (Lipinski definition) is 0. The van der Waals surface area contributed by atoms with Crippen molar-refractivity contribution < 1.29 is 52.8 Å². The number of halogens is 10.